The van der Waals surface area contributed by atoms with Gasteiger partial charge in [-0.25, -0.2) is 0 Å². The third kappa shape index (κ3) is 4.40. The zero-order valence-corrected chi connectivity index (χ0v) is 17.1. The molecule has 1 amide bonds. The van der Waals surface area contributed by atoms with Crippen LogP contribution in [0.3, 0.4) is 0 Å². The number of amides is 1. The number of aliphatic hydroxyl groups is 1. The molecular formula is C19H27N3O4S. The van der Waals surface area contributed by atoms with Crippen LogP contribution in [0, 0.1) is 13.8 Å². The molecule has 7 nitrogen and oxygen atoms in total. The fourth-order valence-electron chi connectivity index (χ4n) is 3.50. The second-order valence-corrected chi connectivity index (χ2v) is 8.07. The Morgan fingerprint density at radius 3 is 2.96 bits per heavy atom. The van der Waals surface area contributed by atoms with E-state index in [4.69, 9.17) is 9.26 Å². The molecule has 0 saturated heterocycles. The highest BCUT2D eigenvalue weighted by Gasteiger charge is 2.27. The fourth-order valence-corrected chi connectivity index (χ4v) is 4.61. The number of likely N-dealkylation sites (N-methyl/N-ethyl adjacent to an activating group) is 1. The van der Waals surface area contributed by atoms with Gasteiger partial charge < -0.3 is 19.3 Å². The highest BCUT2D eigenvalue weighted by Crippen LogP contribution is 2.30. The Morgan fingerprint density at radius 1 is 1.52 bits per heavy atom. The van der Waals surface area contributed by atoms with Crippen LogP contribution in [0.15, 0.2) is 9.90 Å². The summed E-state index contributed by atoms with van der Waals surface area (Å²) in [7, 11) is 3.26. The average Bonchev–Trinajstić information content (AvgIpc) is 3.19. The molecule has 2 aromatic heterocycles. The van der Waals surface area contributed by atoms with Gasteiger partial charge in [0.1, 0.15) is 5.76 Å². The van der Waals surface area contributed by atoms with Crippen molar-refractivity contribution in [2.75, 3.05) is 33.9 Å². The Bertz CT molecular complexity index is 781. The van der Waals surface area contributed by atoms with Gasteiger partial charge >= 0.3 is 0 Å². The largest absolute Gasteiger partial charge is 0.389 e. The number of rotatable bonds is 7. The minimum atomic E-state index is -0.677. The quantitative estimate of drug-likeness (QED) is 0.775. The molecule has 3 heterocycles. The van der Waals surface area contributed by atoms with Crippen LogP contribution in [0.25, 0.3) is 0 Å². The van der Waals surface area contributed by atoms with Crippen molar-refractivity contribution in [3.8, 4) is 0 Å². The van der Waals surface area contributed by atoms with Gasteiger partial charge in [-0.2, -0.15) is 0 Å². The van der Waals surface area contributed by atoms with Gasteiger partial charge in [-0.3, -0.25) is 9.69 Å². The highest BCUT2D eigenvalue weighted by molar-refractivity contribution is 7.10. The van der Waals surface area contributed by atoms with E-state index < -0.39 is 6.10 Å². The van der Waals surface area contributed by atoms with Crippen molar-refractivity contribution in [3.05, 3.63) is 38.4 Å². The van der Waals surface area contributed by atoms with Gasteiger partial charge in [-0.15, -0.1) is 11.3 Å². The van der Waals surface area contributed by atoms with Crippen LogP contribution < -0.4 is 0 Å². The summed E-state index contributed by atoms with van der Waals surface area (Å²) in [4.78, 5) is 18.0. The molecule has 27 heavy (non-hydrogen) atoms. The van der Waals surface area contributed by atoms with Crippen molar-refractivity contribution in [2.45, 2.75) is 39.5 Å². The van der Waals surface area contributed by atoms with Crippen LogP contribution in [-0.2, 0) is 24.2 Å². The standard InChI is InChI=1S/C19H27N3O4S/c1-12-16(13(2)26-20-12)8-22-6-5-15-17(11-27-18(15)9-22)19(24)21(3)7-14(23)10-25-4/h11,14,23H,5-10H2,1-4H3/t14-/m1/s1. The summed E-state index contributed by atoms with van der Waals surface area (Å²) in [5.74, 6) is 0.832. The van der Waals surface area contributed by atoms with E-state index in [0.717, 1.165) is 54.2 Å². The number of fused-ring (bicyclic) bond motifs is 1. The minimum Gasteiger partial charge on any atom is -0.389 e. The van der Waals surface area contributed by atoms with E-state index in [1.165, 1.54) is 12.0 Å². The first-order valence-corrected chi connectivity index (χ1v) is 9.94. The van der Waals surface area contributed by atoms with Crippen molar-refractivity contribution in [3.63, 3.8) is 0 Å². The number of carbonyl (C=O) groups excluding carboxylic acids is 1. The number of thiophene rings is 1. The maximum atomic E-state index is 12.8. The average molecular weight is 394 g/mol. The molecule has 0 aliphatic carbocycles. The van der Waals surface area contributed by atoms with Crippen LogP contribution in [0.4, 0.5) is 0 Å². The van der Waals surface area contributed by atoms with Crippen molar-refractivity contribution in [1.82, 2.24) is 15.0 Å². The summed E-state index contributed by atoms with van der Waals surface area (Å²) >= 11 is 1.64. The lowest BCUT2D eigenvalue weighted by Gasteiger charge is -2.27. The second kappa shape index (κ2) is 8.52. The Balaban J connectivity index is 1.67. The lowest BCUT2D eigenvalue weighted by Crippen LogP contribution is -2.37. The fraction of sp³-hybridized carbons (Fsp3) is 0.579. The van der Waals surface area contributed by atoms with Gasteiger partial charge in [-0.1, -0.05) is 5.16 Å². The highest BCUT2D eigenvalue weighted by atomic mass is 32.1. The van der Waals surface area contributed by atoms with Crippen molar-refractivity contribution >= 4 is 17.2 Å². The summed E-state index contributed by atoms with van der Waals surface area (Å²) in [6.45, 7) is 6.92. The molecule has 1 aliphatic rings. The van der Waals surface area contributed by atoms with Crippen LogP contribution in [0.5, 0.6) is 0 Å². The van der Waals surface area contributed by atoms with Crippen LogP contribution >= 0.6 is 11.3 Å². The molecule has 148 valence electrons. The third-order valence-electron chi connectivity index (χ3n) is 5.01. The number of aromatic nitrogens is 1. The van der Waals surface area contributed by atoms with Crippen LogP contribution in [-0.4, -0.2) is 65.9 Å². The summed E-state index contributed by atoms with van der Waals surface area (Å²) in [5.41, 5.74) is 4.00. The number of nitrogens with zero attached hydrogens (tertiary/aromatic N) is 3. The smallest absolute Gasteiger partial charge is 0.254 e. The summed E-state index contributed by atoms with van der Waals surface area (Å²) in [5, 5.41) is 15.9. The van der Waals surface area contributed by atoms with E-state index in [-0.39, 0.29) is 19.1 Å². The summed E-state index contributed by atoms with van der Waals surface area (Å²) in [6, 6.07) is 0. The monoisotopic (exact) mass is 393 g/mol. The molecule has 0 bridgehead atoms. The van der Waals surface area contributed by atoms with E-state index in [9.17, 15) is 9.90 Å². The van der Waals surface area contributed by atoms with Gasteiger partial charge in [-0.05, 0) is 25.8 Å². The number of hydrogen-bond acceptors (Lipinski definition) is 7. The van der Waals surface area contributed by atoms with E-state index in [0.29, 0.717) is 0 Å². The molecule has 0 radical (unpaired) electrons. The van der Waals surface area contributed by atoms with E-state index in [1.807, 2.05) is 19.2 Å². The van der Waals surface area contributed by atoms with E-state index in [1.54, 1.807) is 23.3 Å². The summed E-state index contributed by atoms with van der Waals surface area (Å²) in [6.07, 6.45) is 0.168. The van der Waals surface area contributed by atoms with Crippen molar-refractivity contribution in [1.29, 1.82) is 0 Å². The number of ether oxygens (including phenoxy) is 1. The maximum Gasteiger partial charge on any atom is 0.254 e. The number of aliphatic hydroxyl groups excluding tert-OH is 1. The first-order valence-electron chi connectivity index (χ1n) is 9.06. The van der Waals surface area contributed by atoms with Gasteiger partial charge in [0.15, 0.2) is 0 Å². The predicted octanol–water partition coefficient (Wildman–Crippen LogP) is 1.99. The second-order valence-electron chi connectivity index (χ2n) is 7.11. The molecular weight excluding hydrogens is 366 g/mol. The normalized spacial score (nSPS) is 15.6. The van der Waals surface area contributed by atoms with Crippen LogP contribution in [0.1, 0.15) is 37.8 Å². The molecule has 1 atom stereocenters. The SMILES string of the molecule is COC[C@H](O)CN(C)C(=O)c1csc2c1CCN(Cc1c(C)noc1C)C2. The Kier molecular flexibility index (Phi) is 6.31. The number of methoxy groups -OCH3 is 1. The Hall–Kier alpha value is -1.74. The maximum absolute atomic E-state index is 12.8. The lowest BCUT2D eigenvalue weighted by molar-refractivity contribution is 0.0380. The van der Waals surface area contributed by atoms with E-state index >= 15 is 0 Å². The molecule has 0 aromatic carbocycles. The molecule has 1 N–H and O–H groups in total. The third-order valence-corrected chi connectivity index (χ3v) is 6.02. The van der Waals surface area contributed by atoms with Gasteiger partial charge in [0.25, 0.3) is 5.91 Å². The van der Waals surface area contributed by atoms with Crippen molar-refractivity contribution in [2.24, 2.45) is 0 Å². The predicted molar refractivity (Wildman–Crippen MR) is 103 cm³/mol. The Morgan fingerprint density at radius 2 is 2.30 bits per heavy atom. The lowest BCUT2D eigenvalue weighted by atomic mass is 10.0. The molecule has 3 rings (SSSR count). The first-order chi connectivity index (χ1) is 12.9. The molecule has 0 spiro atoms. The van der Waals surface area contributed by atoms with Crippen LogP contribution in [0.2, 0.25) is 0 Å². The summed E-state index contributed by atoms with van der Waals surface area (Å²) < 4.78 is 10.2. The van der Waals surface area contributed by atoms with Gasteiger partial charge in [0.2, 0.25) is 0 Å². The first kappa shape index (κ1) is 20.0. The van der Waals surface area contributed by atoms with Gasteiger partial charge in [0.05, 0.1) is 24.0 Å². The zero-order valence-electron chi connectivity index (χ0n) is 16.3. The zero-order chi connectivity index (χ0) is 19.6. The molecule has 2 aromatic rings. The minimum absolute atomic E-state index is 0.0400. The van der Waals surface area contributed by atoms with E-state index in [2.05, 4.69) is 10.1 Å². The molecule has 0 saturated carbocycles. The number of hydrogen-bond donors (Lipinski definition) is 1. The van der Waals surface area contributed by atoms with Crippen molar-refractivity contribution < 1.29 is 19.2 Å². The van der Waals surface area contributed by atoms with Gasteiger partial charge in [0, 0.05) is 56.2 Å². The topological polar surface area (TPSA) is 79.0 Å². The number of aryl methyl sites for hydroxylation is 2. The Labute approximate surface area is 163 Å². The molecule has 0 unspecified atom stereocenters. The molecule has 0 fully saturated rings. The number of carbonyl (C=O) groups is 1. The molecule has 1 aliphatic heterocycles. The molecule has 8 heteroatoms.